The van der Waals surface area contributed by atoms with Crippen molar-refractivity contribution in [3.05, 3.63) is 0 Å². The zero-order valence-electron chi connectivity index (χ0n) is 14.5. The van der Waals surface area contributed by atoms with Gasteiger partial charge in [0, 0.05) is 11.3 Å². The van der Waals surface area contributed by atoms with Crippen LogP contribution in [0.1, 0.15) is 51.9 Å². The number of carbonyl (C=O) groups is 1. The van der Waals surface area contributed by atoms with Gasteiger partial charge < -0.3 is 5.32 Å². The first-order valence-corrected chi connectivity index (χ1v) is 12.3. The van der Waals surface area contributed by atoms with Crippen molar-refractivity contribution >= 4 is 27.5 Å². The highest BCUT2D eigenvalue weighted by Gasteiger charge is 2.53. The number of hydrogen-bond acceptors (Lipinski definition) is 4. The van der Waals surface area contributed by atoms with Crippen LogP contribution in [0.2, 0.25) is 0 Å². The van der Waals surface area contributed by atoms with Crippen molar-refractivity contribution in [3.8, 4) is 0 Å². The lowest BCUT2D eigenvalue weighted by atomic mass is 9.48. The van der Waals surface area contributed by atoms with Gasteiger partial charge >= 0.3 is 0 Å². The first kappa shape index (κ1) is 17.2. The molecule has 6 heteroatoms. The summed E-state index contributed by atoms with van der Waals surface area (Å²) in [5.74, 6) is 3.71. The lowest BCUT2D eigenvalue weighted by Gasteiger charge is -2.59. The summed E-state index contributed by atoms with van der Waals surface area (Å²) in [4.78, 5) is 12.4. The van der Waals surface area contributed by atoms with Crippen LogP contribution in [0.4, 0.5) is 0 Å². The Balaban J connectivity index is 1.30. The van der Waals surface area contributed by atoms with Crippen molar-refractivity contribution in [2.45, 2.75) is 63.2 Å². The molecule has 5 rings (SSSR count). The first-order valence-electron chi connectivity index (χ1n) is 9.45. The summed E-state index contributed by atoms with van der Waals surface area (Å²) in [6.07, 6.45) is 8.87. The van der Waals surface area contributed by atoms with Crippen molar-refractivity contribution in [1.29, 1.82) is 0 Å². The van der Waals surface area contributed by atoms with Crippen LogP contribution >= 0.6 is 11.8 Å². The van der Waals surface area contributed by atoms with Crippen molar-refractivity contribution in [1.82, 2.24) is 5.32 Å². The average Bonchev–Trinajstić information content (AvgIpc) is 2.83. The Morgan fingerprint density at radius 2 is 1.75 bits per heavy atom. The number of carbonyl (C=O) groups excluding carboxylic acids is 1. The van der Waals surface area contributed by atoms with E-state index in [4.69, 9.17) is 0 Å². The molecule has 1 aliphatic heterocycles. The van der Waals surface area contributed by atoms with Crippen LogP contribution in [0.3, 0.4) is 0 Å². The van der Waals surface area contributed by atoms with Gasteiger partial charge in [-0.25, -0.2) is 8.42 Å². The van der Waals surface area contributed by atoms with Crippen molar-refractivity contribution < 1.29 is 13.2 Å². The van der Waals surface area contributed by atoms with E-state index in [9.17, 15) is 13.2 Å². The van der Waals surface area contributed by atoms with E-state index in [0.29, 0.717) is 17.6 Å². The van der Waals surface area contributed by atoms with Gasteiger partial charge in [0.05, 0.1) is 17.3 Å². The maximum Gasteiger partial charge on any atom is 0.230 e. The summed E-state index contributed by atoms with van der Waals surface area (Å²) >= 11 is 1.52. The third-order valence-electron chi connectivity index (χ3n) is 7.02. The van der Waals surface area contributed by atoms with Gasteiger partial charge in [0.15, 0.2) is 9.84 Å². The van der Waals surface area contributed by atoms with E-state index in [1.165, 1.54) is 50.3 Å². The molecule has 0 aromatic carbocycles. The smallest absolute Gasteiger partial charge is 0.230 e. The molecular weight excluding hydrogens is 342 g/mol. The van der Waals surface area contributed by atoms with Crippen LogP contribution in [-0.4, -0.2) is 42.9 Å². The number of amides is 1. The molecule has 1 amide bonds. The van der Waals surface area contributed by atoms with E-state index in [1.54, 1.807) is 0 Å². The lowest BCUT2D eigenvalue weighted by Crippen LogP contribution is -2.56. The largest absolute Gasteiger partial charge is 0.352 e. The van der Waals surface area contributed by atoms with E-state index in [2.05, 4.69) is 12.2 Å². The molecule has 0 aromatic rings. The second kappa shape index (κ2) is 6.19. The van der Waals surface area contributed by atoms with Gasteiger partial charge in [-0.2, -0.15) is 0 Å². The van der Waals surface area contributed by atoms with Crippen molar-refractivity contribution in [2.24, 2.45) is 23.2 Å². The van der Waals surface area contributed by atoms with E-state index >= 15 is 0 Å². The molecule has 4 aliphatic carbocycles. The number of sulfone groups is 1. The summed E-state index contributed by atoms with van der Waals surface area (Å²) in [6, 6.07) is 0.256. The van der Waals surface area contributed by atoms with E-state index in [0.717, 1.165) is 17.8 Å². The second-order valence-corrected chi connectivity index (χ2v) is 12.4. The highest BCUT2D eigenvalue weighted by Crippen LogP contribution is 2.61. The predicted molar refractivity (Wildman–Crippen MR) is 97.7 cm³/mol. The number of thioether (sulfide) groups is 1. The highest BCUT2D eigenvalue weighted by atomic mass is 32.2. The summed E-state index contributed by atoms with van der Waals surface area (Å²) in [5.41, 5.74) is 0.339. The highest BCUT2D eigenvalue weighted by molar-refractivity contribution is 8.02. The second-order valence-electron chi connectivity index (χ2n) is 8.91. The maximum absolute atomic E-state index is 12.4. The minimum atomic E-state index is -2.85. The van der Waals surface area contributed by atoms with Crippen molar-refractivity contribution in [3.63, 3.8) is 0 Å². The van der Waals surface area contributed by atoms with Crippen LogP contribution in [0.15, 0.2) is 0 Å². The average molecular weight is 372 g/mol. The van der Waals surface area contributed by atoms with Crippen LogP contribution in [0.5, 0.6) is 0 Å². The molecule has 1 saturated heterocycles. The zero-order chi connectivity index (χ0) is 16.9. The molecule has 4 bridgehead atoms. The summed E-state index contributed by atoms with van der Waals surface area (Å²) in [5, 5.41) is 3.38. The first-order chi connectivity index (χ1) is 11.3. The molecule has 4 saturated carbocycles. The Labute approximate surface area is 149 Å². The minimum absolute atomic E-state index is 0.0903. The van der Waals surface area contributed by atoms with Gasteiger partial charge in [0.25, 0.3) is 0 Å². The Morgan fingerprint density at radius 1 is 1.17 bits per heavy atom. The fourth-order valence-electron chi connectivity index (χ4n) is 6.23. The molecule has 0 aromatic heterocycles. The Hall–Kier alpha value is -0.230. The maximum atomic E-state index is 12.4. The molecule has 0 unspecified atom stereocenters. The molecule has 0 spiro atoms. The third kappa shape index (κ3) is 3.37. The minimum Gasteiger partial charge on any atom is -0.352 e. The SMILES string of the molecule is C[C@@H](NC(=O)CS[C@H]1CCS(=O)(=O)C1)C12CC3CC(CC(C3)C1)C2. The third-order valence-corrected chi connectivity index (χ3v) is 10.3. The molecule has 1 heterocycles. The van der Waals surface area contributed by atoms with Crippen LogP contribution in [-0.2, 0) is 14.6 Å². The normalized spacial score (nSPS) is 43.7. The van der Waals surface area contributed by atoms with Gasteiger partial charge in [0.2, 0.25) is 5.91 Å². The number of rotatable bonds is 5. The molecule has 24 heavy (non-hydrogen) atoms. The summed E-state index contributed by atoms with van der Waals surface area (Å²) in [7, 11) is -2.85. The standard InChI is InChI=1S/C18H29NO3S2/c1-12(18-7-13-4-14(8-18)6-15(5-13)9-18)19-17(20)10-23-16-2-3-24(21,22)11-16/h12-16H,2-11H2,1H3,(H,19,20)/t12-,13?,14?,15?,16+,18?/m1/s1. The molecule has 5 fully saturated rings. The predicted octanol–water partition coefficient (Wildman–Crippen LogP) is 2.63. The van der Waals surface area contributed by atoms with Gasteiger partial charge in [-0.1, -0.05) is 0 Å². The molecule has 2 atom stereocenters. The van der Waals surface area contributed by atoms with E-state index < -0.39 is 9.84 Å². The van der Waals surface area contributed by atoms with E-state index in [-0.39, 0.29) is 28.7 Å². The summed E-state index contributed by atoms with van der Waals surface area (Å²) < 4.78 is 23.0. The zero-order valence-corrected chi connectivity index (χ0v) is 16.1. The summed E-state index contributed by atoms with van der Waals surface area (Å²) in [6.45, 7) is 2.20. The fourth-order valence-corrected chi connectivity index (χ4v) is 9.68. The van der Waals surface area contributed by atoms with Crippen molar-refractivity contribution in [2.75, 3.05) is 17.3 Å². The molecule has 136 valence electrons. The lowest BCUT2D eigenvalue weighted by molar-refractivity contribution is -0.123. The van der Waals surface area contributed by atoms with Crippen LogP contribution in [0.25, 0.3) is 0 Å². The topological polar surface area (TPSA) is 63.2 Å². The molecule has 1 N–H and O–H groups in total. The van der Waals surface area contributed by atoms with Gasteiger partial charge in [-0.3, -0.25) is 4.79 Å². The van der Waals surface area contributed by atoms with Gasteiger partial charge in [0.1, 0.15) is 0 Å². The Bertz CT molecular complexity index is 580. The molecule has 0 radical (unpaired) electrons. The monoisotopic (exact) mass is 371 g/mol. The quantitative estimate of drug-likeness (QED) is 0.807. The Morgan fingerprint density at radius 3 is 2.25 bits per heavy atom. The number of hydrogen-bond donors (Lipinski definition) is 1. The molecular formula is C18H29NO3S2. The number of nitrogens with one attached hydrogen (secondary N) is 1. The Kier molecular flexibility index (Phi) is 4.43. The molecule has 4 nitrogen and oxygen atoms in total. The van der Waals surface area contributed by atoms with Crippen LogP contribution in [0, 0.1) is 23.2 Å². The van der Waals surface area contributed by atoms with E-state index in [1.807, 2.05) is 0 Å². The van der Waals surface area contributed by atoms with Gasteiger partial charge in [-0.15, -0.1) is 11.8 Å². The van der Waals surface area contributed by atoms with Gasteiger partial charge in [-0.05, 0) is 75.0 Å². The molecule has 5 aliphatic rings. The fraction of sp³-hybridized carbons (Fsp3) is 0.944. The van der Waals surface area contributed by atoms with Crippen LogP contribution < -0.4 is 5.32 Å².